The van der Waals surface area contributed by atoms with Crippen molar-refractivity contribution in [2.24, 2.45) is 5.92 Å². The largest absolute Gasteiger partial charge is 0.395 e. The van der Waals surface area contributed by atoms with Gasteiger partial charge in [-0.05, 0) is 18.8 Å². The molecule has 0 aromatic rings. The molecule has 20 heavy (non-hydrogen) atoms. The van der Waals surface area contributed by atoms with Crippen LogP contribution in [-0.4, -0.2) is 84.0 Å². The monoisotopic (exact) mass is 283 g/mol. The van der Waals surface area contributed by atoms with Crippen LogP contribution in [0.5, 0.6) is 0 Å². The second-order valence-corrected chi connectivity index (χ2v) is 5.86. The first-order chi connectivity index (χ1) is 9.61. The summed E-state index contributed by atoms with van der Waals surface area (Å²) in [6.45, 7) is 6.93. The number of hydrogen-bond donors (Lipinski definition) is 1. The highest BCUT2D eigenvalue weighted by atomic mass is 16.3. The summed E-state index contributed by atoms with van der Waals surface area (Å²) in [4.78, 5) is 29.9. The Balaban J connectivity index is 1.83. The topological polar surface area (TPSA) is 64.1 Å². The smallest absolute Gasteiger partial charge is 0.312 e. The van der Waals surface area contributed by atoms with E-state index in [4.69, 9.17) is 5.11 Å². The molecule has 0 saturated carbocycles. The molecule has 0 aromatic heterocycles. The Morgan fingerprint density at radius 3 is 2.30 bits per heavy atom. The summed E-state index contributed by atoms with van der Waals surface area (Å²) >= 11 is 0. The SMILES string of the molecule is CC1CCCN(C(=O)C(=O)N2CCN(CCO)CC2)C1. The summed E-state index contributed by atoms with van der Waals surface area (Å²) < 4.78 is 0. The van der Waals surface area contributed by atoms with Gasteiger partial charge in [-0.3, -0.25) is 14.5 Å². The summed E-state index contributed by atoms with van der Waals surface area (Å²) in [5, 5.41) is 8.89. The number of carbonyl (C=O) groups is 2. The van der Waals surface area contributed by atoms with Gasteiger partial charge in [0.25, 0.3) is 0 Å². The fraction of sp³-hybridized carbons (Fsp3) is 0.857. The second kappa shape index (κ2) is 7.04. The molecule has 1 atom stereocenters. The highest BCUT2D eigenvalue weighted by Crippen LogP contribution is 2.16. The second-order valence-electron chi connectivity index (χ2n) is 5.86. The lowest BCUT2D eigenvalue weighted by atomic mass is 10.0. The van der Waals surface area contributed by atoms with Crippen LogP contribution in [0.3, 0.4) is 0 Å². The normalized spacial score (nSPS) is 24.8. The van der Waals surface area contributed by atoms with Gasteiger partial charge in [-0.2, -0.15) is 0 Å². The van der Waals surface area contributed by atoms with E-state index >= 15 is 0 Å². The number of aliphatic hydroxyl groups is 1. The molecule has 6 nitrogen and oxygen atoms in total. The maximum absolute atomic E-state index is 12.2. The number of likely N-dealkylation sites (tertiary alicyclic amines) is 1. The maximum Gasteiger partial charge on any atom is 0.312 e. The van der Waals surface area contributed by atoms with Crippen LogP contribution in [0.15, 0.2) is 0 Å². The number of piperidine rings is 1. The van der Waals surface area contributed by atoms with Gasteiger partial charge in [0.15, 0.2) is 0 Å². The Hall–Kier alpha value is -1.14. The van der Waals surface area contributed by atoms with Crippen LogP contribution in [0, 0.1) is 5.92 Å². The van der Waals surface area contributed by atoms with Crippen molar-refractivity contribution in [2.75, 3.05) is 52.4 Å². The minimum absolute atomic E-state index is 0.137. The summed E-state index contributed by atoms with van der Waals surface area (Å²) in [7, 11) is 0. The molecule has 2 heterocycles. The minimum Gasteiger partial charge on any atom is -0.395 e. The third kappa shape index (κ3) is 3.70. The van der Waals surface area contributed by atoms with E-state index < -0.39 is 0 Å². The molecule has 6 heteroatoms. The zero-order chi connectivity index (χ0) is 14.5. The molecule has 0 bridgehead atoms. The molecule has 2 fully saturated rings. The van der Waals surface area contributed by atoms with Crippen LogP contribution in [0.1, 0.15) is 19.8 Å². The number of piperazine rings is 1. The average molecular weight is 283 g/mol. The van der Waals surface area contributed by atoms with E-state index in [1.165, 1.54) is 0 Å². The van der Waals surface area contributed by atoms with E-state index in [0.717, 1.165) is 25.9 Å². The predicted octanol–water partition coefficient (Wildman–Crippen LogP) is -0.619. The molecule has 2 saturated heterocycles. The van der Waals surface area contributed by atoms with Crippen molar-refractivity contribution in [3.05, 3.63) is 0 Å². The lowest BCUT2D eigenvalue weighted by Crippen LogP contribution is -2.54. The Kier molecular flexibility index (Phi) is 5.37. The van der Waals surface area contributed by atoms with Gasteiger partial charge in [-0.25, -0.2) is 0 Å². The first kappa shape index (κ1) is 15.3. The number of nitrogens with zero attached hydrogens (tertiary/aromatic N) is 3. The summed E-state index contributed by atoms with van der Waals surface area (Å²) in [6.07, 6.45) is 2.13. The van der Waals surface area contributed by atoms with Crippen LogP contribution in [0.4, 0.5) is 0 Å². The van der Waals surface area contributed by atoms with E-state index in [2.05, 4.69) is 11.8 Å². The predicted molar refractivity (Wildman–Crippen MR) is 75.1 cm³/mol. The van der Waals surface area contributed by atoms with Crippen molar-refractivity contribution in [2.45, 2.75) is 19.8 Å². The first-order valence-corrected chi connectivity index (χ1v) is 7.53. The molecule has 2 aliphatic heterocycles. The van der Waals surface area contributed by atoms with Gasteiger partial charge in [0.1, 0.15) is 0 Å². The van der Waals surface area contributed by atoms with Crippen LogP contribution >= 0.6 is 0 Å². The fourth-order valence-corrected chi connectivity index (χ4v) is 2.96. The lowest BCUT2D eigenvalue weighted by Gasteiger charge is -2.36. The summed E-state index contributed by atoms with van der Waals surface area (Å²) in [5.74, 6) is -0.211. The van der Waals surface area contributed by atoms with Crippen LogP contribution < -0.4 is 0 Å². The highest BCUT2D eigenvalue weighted by Gasteiger charge is 2.31. The van der Waals surface area contributed by atoms with Crippen molar-refractivity contribution < 1.29 is 14.7 Å². The van der Waals surface area contributed by atoms with E-state index in [-0.39, 0.29) is 18.4 Å². The quantitative estimate of drug-likeness (QED) is 0.686. The zero-order valence-corrected chi connectivity index (χ0v) is 12.3. The van der Waals surface area contributed by atoms with Crippen molar-refractivity contribution in [1.29, 1.82) is 0 Å². The molecular weight excluding hydrogens is 258 g/mol. The molecule has 0 aromatic carbocycles. The Bertz CT molecular complexity index is 354. The molecule has 1 unspecified atom stereocenters. The van der Waals surface area contributed by atoms with Gasteiger partial charge in [0.05, 0.1) is 6.61 Å². The Morgan fingerprint density at radius 2 is 1.70 bits per heavy atom. The van der Waals surface area contributed by atoms with Crippen molar-refractivity contribution in [1.82, 2.24) is 14.7 Å². The van der Waals surface area contributed by atoms with Crippen LogP contribution in [-0.2, 0) is 9.59 Å². The molecule has 0 spiro atoms. The lowest BCUT2D eigenvalue weighted by molar-refractivity contribution is -0.153. The van der Waals surface area contributed by atoms with E-state index in [1.807, 2.05) is 0 Å². The van der Waals surface area contributed by atoms with Gasteiger partial charge in [-0.15, -0.1) is 0 Å². The number of β-amino-alcohol motifs (C(OH)–C–C–N with tert-alkyl or cyclic N) is 1. The Morgan fingerprint density at radius 1 is 1.05 bits per heavy atom. The Labute approximate surface area is 120 Å². The standard InChI is InChI=1S/C14H25N3O3/c1-12-3-2-4-17(11-12)14(20)13(19)16-7-5-15(6-8-16)9-10-18/h12,18H,2-11H2,1H3. The minimum atomic E-state index is -0.359. The maximum atomic E-state index is 12.2. The van der Waals surface area contributed by atoms with Gasteiger partial charge >= 0.3 is 11.8 Å². The van der Waals surface area contributed by atoms with E-state index in [0.29, 0.717) is 38.6 Å². The third-order valence-electron chi connectivity index (χ3n) is 4.20. The number of hydrogen-bond acceptors (Lipinski definition) is 4. The summed E-state index contributed by atoms with van der Waals surface area (Å²) in [5.41, 5.74) is 0. The van der Waals surface area contributed by atoms with E-state index in [1.54, 1.807) is 9.80 Å². The molecule has 1 N–H and O–H groups in total. The van der Waals surface area contributed by atoms with Gasteiger partial charge in [0.2, 0.25) is 0 Å². The molecule has 2 rings (SSSR count). The summed E-state index contributed by atoms with van der Waals surface area (Å²) in [6, 6.07) is 0. The molecule has 2 amide bonds. The highest BCUT2D eigenvalue weighted by molar-refractivity contribution is 6.34. The van der Waals surface area contributed by atoms with Gasteiger partial charge in [0, 0.05) is 45.8 Å². The number of rotatable bonds is 2. The van der Waals surface area contributed by atoms with Crippen molar-refractivity contribution in [3.8, 4) is 0 Å². The molecule has 114 valence electrons. The molecule has 2 aliphatic rings. The number of amides is 2. The molecule has 0 aliphatic carbocycles. The average Bonchev–Trinajstić information content (AvgIpc) is 2.47. The molecule has 0 radical (unpaired) electrons. The molecular formula is C14H25N3O3. The third-order valence-corrected chi connectivity index (χ3v) is 4.20. The van der Waals surface area contributed by atoms with Crippen molar-refractivity contribution in [3.63, 3.8) is 0 Å². The number of aliphatic hydroxyl groups excluding tert-OH is 1. The fourth-order valence-electron chi connectivity index (χ4n) is 2.96. The number of carbonyl (C=O) groups excluding carboxylic acids is 2. The van der Waals surface area contributed by atoms with Crippen LogP contribution in [0.2, 0.25) is 0 Å². The van der Waals surface area contributed by atoms with Gasteiger partial charge in [-0.1, -0.05) is 6.92 Å². The van der Waals surface area contributed by atoms with Gasteiger partial charge < -0.3 is 14.9 Å². The van der Waals surface area contributed by atoms with Crippen LogP contribution in [0.25, 0.3) is 0 Å². The first-order valence-electron chi connectivity index (χ1n) is 7.53. The van der Waals surface area contributed by atoms with E-state index in [9.17, 15) is 9.59 Å². The zero-order valence-electron chi connectivity index (χ0n) is 12.3. The van der Waals surface area contributed by atoms with Crippen molar-refractivity contribution >= 4 is 11.8 Å².